The Labute approximate surface area is 70.2 Å². The van der Waals surface area contributed by atoms with Crippen molar-refractivity contribution >= 4 is 16.6 Å². The van der Waals surface area contributed by atoms with Gasteiger partial charge in [0.15, 0.2) is 0 Å². The Kier molecular flexibility index (Phi) is 6.29. The quantitative estimate of drug-likeness (QED) is 0.335. The first-order chi connectivity index (χ1) is 2.56. The molecule has 0 fully saturated rings. The topological polar surface area (TPSA) is 9.23 Å². The predicted molar refractivity (Wildman–Crippen MR) is 29.9 cm³/mol. The molecule has 0 atom stereocenters. The average molecular weight is 110 g/mol. The molecular weight excluding hydrogens is 98.0 g/mol. The van der Waals surface area contributed by atoms with Crippen molar-refractivity contribution in [2.75, 3.05) is 0 Å². The van der Waals surface area contributed by atoms with Gasteiger partial charge in [0.2, 0.25) is 0 Å². The van der Waals surface area contributed by atoms with Gasteiger partial charge in [-0.25, -0.2) is 0 Å². The summed E-state index contributed by atoms with van der Waals surface area (Å²) < 4.78 is 4.85. The van der Waals surface area contributed by atoms with E-state index < -0.39 is 0 Å². The van der Waals surface area contributed by atoms with Crippen LogP contribution in [-0.2, 0) is 3.79 Å². The van der Waals surface area contributed by atoms with Gasteiger partial charge in [-0.3, -0.25) is 0 Å². The van der Waals surface area contributed by atoms with E-state index in [1.165, 1.54) is 0 Å². The fourth-order valence-corrected chi connectivity index (χ4v) is 0. The van der Waals surface area contributed by atoms with E-state index >= 15 is 0 Å². The van der Waals surface area contributed by atoms with Crippen LogP contribution < -0.4 is 18.9 Å². The van der Waals surface area contributed by atoms with Crippen LogP contribution in [0.2, 0.25) is 0 Å². The van der Waals surface area contributed by atoms with Crippen LogP contribution in [0.25, 0.3) is 0 Å². The van der Waals surface area contributed by atoms with Crippen LogP contribution in [0.1, 0.15) is 25.1 Å². The van der Waals surface area contributed by atoms with Gasteiger partial charge in [0.1, 0.15) is 0 Å². The summed E-state index contributed by atoms with van der Waals surface area (Å²) in [6.07, 6.45) is 0. The molecule has 0 amide bonds. The molecule has 0 aliphatic rings. The summed E-state index contributed by atoms with van der Waals surface area (Å²) in [4.78, 5) is 0. The second-order valence-corrected chi connectivity index (χ2v) is 2.47. The third-order valence-corrected chi connectivity index (χ3v) is 1.06. The van der Waals surface area contributed by atoms with Crippen LogP contribution in [0.15, 0.2) is 0 Å². The molecule has 3 heteroatoms. The Balaban J connectivity index is -0.0000000208. The fourth-order valence-electron chi connectivity index (χ4n) is 0. The molecule has 0 spiro atoms. The number of hydrogen-bond donors (Lipinski definition) is 0. The minimum atomic E-state index is 0. The van der Waals surface area contributed by atoms with E-state index in [4.69, 9.17) is 3.79 Å². The summed E-state index contributed by atoms with van der Waals surface area (Å²) in [5.74, 6) is 0. The SMILES string of the molecule is CC(C)(C)[O][Al+2].[H-].[H-].[H-].[Li+]. The van der Waals surface area contributed by atoms with Gasteiger partial charge in [-0.2, -0.15) is 0 Å². The molecule has 0 aliphatic carbocycles. The summed E-state index contributed by atoms with van der Waals surface area (Å²) in [6, 6.07) is 0. The van der Waals surface area contributed by atoms with Crippen LogP contribution in [0.5, 0.6) is 0 Å². The van der Waals surface area contributed by atoms with Gasteiger partial charge >= 0.3 is 65.6 Å². The molecule has 0 aromatic carbocycles. The van der Waals surface area contributed by atoms with E-state index in [0.29, 0.717) is 0 Å². The fraction of sp³-hybridized carbons (Fsp3) is 1.00. The largest absolute Gasteiger partial charge is 1.00 e. The normalized spacial score (nSPS) is 10.4. The molecule has 0 saturated carbocycles. The maximum absolute atomic E-state index is 4.85. The Morgan fingerprint density at radius 1 is 1.43 bits per heavy atom. The van der Waals surface area contributed by atoms with Crippen LogP contribution >= 0.6 is 0 Å². The Hall–Kier alpha value is 1.09. The Morgan fingerprint density at radius 3 is 1.57 bits per heavy atom. The van der Waals surface area contributed by atoms with Gasteiger partial charge in [0.05, 0.1) is 0 Å². The van der Waals surface area contributed by atoms with Crippen LogP contribution in [-0.4, -0.2) is 22.2 Å². The molecule has 0 radical (unpaired) electrons. The minimum Gasteiger partial charge on any atom is -1.00 e. The minimum absolute atomic E-state index is 0. The van der Waals surface area contributed by atoms with E-state index in [0.717, 1.165) is 0 Å². The van der Waals surface area contributed by atoms with E-state index in [1.54, 1.807) is 0 Å². The van der Waals surface area contributed by atoms with E-state index in [2.05, 4.69) is 16.6 Å². The molecule has 0 aromatic rings. The zero-order valence-corrected chi connectivity index (χ0v) is 6.64. The summed E-state index contributed by atoms with van der Waals surface area (Å²) in [6.45, 7) is 6.00. The molecule has 1 nitrogen and oxygen atoms in total. The van der Waals surface area contributed by atoms with Crippen molar-refractivity contribution in [3.63, 3.8) is 0 Å². The van der Waals surface area contributed by atoms with Crippen molar-refractivity contribution in [3.05, 3.63) is 0 Å². The molecule has 7 heavy (non-hydrogen) atoms. The number of hydrogen-bond acceptors (Lipinski definition) is 1. The molecule has 38 valence electrons. The second-order valence-electron chi connectivity index (χ2n) is 2.23. The standard InChI is InChI=1S/C4H9O.Al.Li.3H/c1-4(2,3)5;;;;;/h1-3H3;;;;;/q-1;+3;+1;3*-1. The molecular formula is C4H12AlLiO. The van der Waals surface area contributed by atoms with Crippen molar-refractivity contribution < 1.29 is 26.9 Å². The van der Waals surface area contributed by atoms with Gasteiger partial charge in [-0.15, -0.1) is 0 Å². The smallest absolute Gasteiger partial charge is 1.00 e. The van der Waals surface area contributed by atoms with Gasteiger partial charge in [0, 0.05) is 0 Å². The first-order valence-electron chi connectivity index (χ1n) is 1.94. The Bertz CT molecular complexity index is 50.3. The third-order valence-electron chi connectivity index (χ3n) is 0.354. The summed E-state index contributed by atoms with van der Waals surface area (Å²) in [5.41, 5.74) is 0.00463. The van der Waals surface area contributed by atoms with Crippen molar-refractivity contribution in [2.45, 2.75) is 26.4 Å². The van der Waals surface area contributed by atoms with E-state index in [9.17, 15) is 0 Å². The van der Waals surface area contributed by atoms with E-state index in [1.807, 2.05) is 20.8 Å². The zero-order valence-electron chi connectivity index (χ0n) is 8.49. The Morgan fingerprint density at radius 2 is 1.57 bits per heavy atom. The molecule has 0 saturated heterocycles. The third kappa shape index (κ3) is 11.0. The summed E-state index contributed by atoms with van der Waals surface area (Å²) in [5, 5.41) is 0. The van der Waals surface area contributed by atoms with E-state index in [-0.39, 0.29) is 28.7 Å². The van der Waals surface area contributed by atoms with Crippen molar-refractivity contribution in [3.8, 4) is 0 Å². The van der Waals surface area contributed by atoms with Crippen molar-refractivity contribution in [1.29, 1.82) is 0 Å². The second kappa shape index (κ2) is 4.02. The molecule has 0 heterocycles. The van der Waals surface area contributed by atoms with Crippen LogP contribution in [0.3, 0.4) is 0 Å². The number of rotatable bonds is 0. The van der Waals surface area contributed by atoms with Gasteiger partial charge in [-0.1, -0.05) is 0 Å². The zero-order chi connectivity index (χ0) is 5.21. The molecule has 0 bridgehead atoms. The first kappa shape index (κ1) is 11.0. The van der Waals surface area contributed by atoms with Gasteiger partial charge < -0.3 is 4.28 Å². The monoisotopic (exact) mass is 110 g/mol. The van der Waals surface area contributed by atoms with Crippen LogP contribution in [0.4, 0.5) is 0 Å². The molecule has 0 aromatic heterocycles. The summed E-state index contributed by atoms with van der Waals surface area (Å²) >= 11 is 2.22. The van der Waals surface area contributed by atoms with Crippen molar-refractivity contribution in [1.82, 2.24) is 0 Å². The van der Waals surface area contributed by atoms with Crippen LogP contribution in [0, 0.1) is 0 Å². The average Bonchev–Trinajstić information content (AvgIpc) is 1.35. The predicted octanol–water partition coefficient (Wildman–Crippen LogP) is -1.77. The first-order valence-corrected chi connectivity index (χ1v) is 2.41. The molecule has 0 rings (SSSR count). The maximum Gasteiger partial charge on any atom is 1.00 e. The molecule has 0 aliphatic heterocycles. The van der Waals surface area contributed by atoms with Gasteiger partial charge in [-0.05, 0) is 0 Å². The molecule has 0 unspecified atom stereocenters. The molecule has 0 N–H and O–H groups in total. The van der Waals surface area contributed by atoms with Gasteiger partial charge in [0.25, 0.3) is 0 Å². The maximum atomic E-state index is 4.85. The summed E-state index contributed by atoms with van der Waals surface area (Å²) in [7, 11) is 0. The van der Waals surface area contributed by atoms with Crippen molar-refractivity contribution in [2.24, 2.45) is 0 Å².